The molecule has 1 aromatic carbocycles. The number of amides is 1. The Kier molecular flexibility index (Phi) is 4.64. The first-order valence-electron chi connectivity index (χ1n) is 9.29. The van der Waals surface area contributed by atoms with Gasteiger partial charge in [-0.3, -0.25) is 9.69 Å². The van der Waals surface area contributed by atoms with Crippen LogP contribution in [0.15, 0.2) is 18.2 Å². The summed E-state index contributed by atoms with van der Waals surface area (Å²) in [5, 5.41) is 0. The normalized spacial score (nSPS) is 32.6. The number of hydrogen-bond acceptors (Lipinski definition) is 2. The van der Waals surface area contributed by atoms with Gasteiger partial charge in [0.1, 0.15) is 11.6 Å². The minimum atomic E-state index is -4.38. The first kappa shape index (κ1) is 18.7. The number of fused-ring (bicyclic) bond motifs is 2. The molecule has 4 saturated heterocycles. The third-order valence-electron chi connectivity index (χ3n) is 6.25. The number of piperidine rings is 3. The molecule has 4 aliphatic heterocycles. The largest absolute Gasteiger partial charge is 0.389 e. The quantitative estimate of drug-likeness (QED) is 0.738. The van der Waals surface area contributed by atoms with Gasteiger partial charge in [-0.15, -0.1) is 0 Å². The third-order valence-corrected chi connectivity index (χ3v) is 6.25. The number of alkyl halides is 3. The summed E-state index contributed by atoms with van der Waals surface area (Å²) >= 11 is 0. The van der Waals surface area contributed by atoms with Crippen LogP contribution in [0.5, 0.6) is 0 Å². The van der Waals surface area contributed by atoms with Crippen molar-refractivity contribution in [2.45, 2.75) is 49.9 Å². The van der Waals surface area contributed by atoms with Crippen LogP contribution in [0.1, 0.15) is 37.2 Å². The van der Waals surface area contributed by atoms with Gasteiger partial charge in [-0.05, 0) is 49.5 Å². The summed E-state index contributed by atoms with van der Waals surface area (Å²) in [5.74, 6) is -1.94. The molecule has 5 rings (SSSR count). The summed E-state index contributed by atoms with van der Waals surface area (Å²) in [5.41, 5.74) is 0.473. The van der Waals surface area contributed by atoms with E-state index in [2.05, 4.69) is 4.90 Å². The molecule has 1 amide bonds. The van der Waals surface area contributed by atoms with Crippen molar-refractivity contribution in [1.82, 2.24) is 9.80 Å². The number of nitrogens with zero attached hydrogens (tertiary/aromatic N) is 2. The lowest BCUT2D eigenvalue weighted by atomic mass is 9.75. The van der Waals surface area contributed by atoms with Crippen LogP contribution in [-0.4, -0.2) is 53.6 Å². The van der Waals surface area contributed by atoms with Crippen LogP contribution in [0.3, 0.4) is 0 Å². The zero-order chi connectivity index (χ0) is 19.3. The highest BCUT2D eigenvalue weighted by Gasteiger charge is 2.54. The highest BCUT2D eigenvalue weighted by Crippen LogP contribution is 2.47. The first-order valence-corrected chi connectivity index (χ1v) is 9.29. The standard InChI is InChI=1S/C19H21F5N2O/c20-13-7-12(8-14(21)9-13)15-10-26(16(27)1-4-19(22,23)24)17-11-2-5-25(6-3-11)18(15)17/h7-9,11,15,17-18H,1-6,10H2/t15-,17+,18+/m0/s1. The second-order valence-electron chi connectivity index (χ2n) is 7.83. The fraction of sp³-hybridized carbons (Fsp3) is 0.632. The van der Waals surface area contributed by atoms with Crippen molar-refractivity contribution in [2.24, 2.45) is 5.92 Å². The summed E-state index contributed by atoms with van der Waals surface area (Å²) < 4.78 is 65.1. The molecule has 2 bridgehead atoms. The van der Waals surface area contributed by atoms with E-state index in [0.29, 0.717) is 5.56 Å². The van der Waals surface area contributed by atoms with Gasteiger partial charge >= 0.3 is 6.18 Å². The summed E-state index contributed by atoms with van der Waals surface area (Å²) in [6.45, 7) is 1.91. The highest BCUT2D eigenvalue weighted by atomic mass is 19.4. The molecule has 4 fully saturated rings. The van der Waals surface area contributed by atoms with Crippen molar-refractivity contribution >= 4 is 5.91 Å². The van der Waals surface area contributed by atoms with Crippen LogP contribution in [0, 0.1) is 17.6 Å². The molecule has 0 unspecified atom stereocenters. The summed E-state index contributed by atoms with van der Waals surface area (Å²) in [6.07, 6.45) is -4.31. The van der Waals surface area contributed by atoms with Crippen molar-refractivity contribution in [3.8, 4) is 0 Å². The Morgan fingerprint density at radius 3 is 2.26 bits per heavy atom. The van der Waals surface area contributed by atoms with Crippen LogP contribution in [0.4, 0.5) is 22.0 Å². The van der Waals surface area contributed by atoms with Crippen LogP contribution in [0.25, 0.3) is 0 Å². The number of carbonyl (C=O) groups excluding carboxylic acids is 1. The predicted octanol–water partition coefficient (Wildman–Crippen LogP) is 3.70. The Balaban J connectivity index is 1.63. The van der Waals surface area contributed by atoms with Crippen molar-refractivity contribution in [3.63, 3.8) is 0 Å². The average Bonchev–Trinajstić information content (AvgIpc) is 3.02. The topological polar surface area (TPSA) is 23.6 Å². The Morgan fingerprint density at radius 2 is 1.67 bits per heavy atom. The molecule has 148 valence electrons. The molecule has 0 N–H and O–H groups in total. The number of benzene rings is 1. The van der Waals surface area contributed by atoms with Gasteiger partial charge in [0, 0.05) is 31.0 Å². The van der Waals surface area contributed by atoms with E-state index < -0.39 is 36.6 Å². The van der Waals surface area contributed by atoms with Crippen LogP contribution < -0.4 is 0 Å². The molecule has 0 saturated carbocycles. The van der Waals surface area contributed by atoms with E-state index in [1.807, 2.05) is 0 Å². The van der Waals surface area contributed by atoms with Crippen molar-refractivity contribution in [1.29, 1.82) is 0 Å². The Hall–Kier alpha value is -1.70. The molecule has 4 aliphatic rings. The van der Waals surface area contributed by atoms with Gasteiger partial charge in [-0.1, -0.05) is 0 Å². The molecule has 8 heteroatoms. The molecular weight excluding hydrogens is 367 g/mol. The molecule has 3 atom stereocenters. The maximum atomic E-state index is 13.7. The second kappa shape index (κ2) is 6.72. The Morgan fingerprint density at radius 1 is 1.04 bits per heavy atom. The van der Waals surface area contributed by atoms with E-state index in [1.54, 1.807) is 4.90 Å². The van der Waals surface area contributed by atoms with Crippen molar-refractivity contribution in [3.05, 3.63) is 35.4 Å². The molecule has 0 aromatic heterocycles. The predicted molar refractivity (Wildman–Crippen MR) is 88.0 cm³/mol. The number of halogens is 5. The number of rotatable bonds is 3. The zero-order valence-electron chi connectivity index (χ0n) is 14.7. The minimum Gasteiger partial charge on any atom is -0.337 e. The molecule has 4 heterocycles. The zero-order valence-corrected chi connectivity index (χ0v) is 14.7. The average molecular weight is 388 g/mol. The lowest BCUT2D eigenvalue weighted by Gasteiger charge is -2.51. The Bertz CT molecular complexity index is 709. The van der Waals surface area contributed by atoms with E-state index in [-0.39, 0.29) is 30.5 Å². The van der Waals surface area contributed by atoms with Gasteiger partial charge < -0.3 is 4.90 Å². The van der Waals surface area contributed by atoms with E-state index >= 15 is 0 Å². The maximum Gasteiger partial charge on any atom is 0.389 e. The van der Waals surface area contributed by atoms with Gasteiger partial charge in [-0.2, -0.15) is 13.2 Å². The third kappa shape index (κ3) is 3.56. The molecule has 0 aliphatic carbocycles. The lowest BCUT2D eigenvalue weighted by molar-refractivity contribution is -0.151. The first-order chi connectivity index (χ1) is 12.7. The van der Waals surface area contributed by atoms with Gasteiger partial charge in [-0.25, -0.2) is 8.78 Å². The molecule has 0 spiro atoms. The highest BCUT2D eigenvalue weighted by molar-refractivity contribution is 5.77. The van der Waals surface area contributed by atoms with E-state index in [9.17, 15) is 26.7 Å². The number of likely N-dealkylation sites (tertiary alicyclic amines) is 1. The Labute approximate surface area is 154 Å². The fourth-order valence-corrected chi connectivity index (χ4v) is 5.18. The minimum absolute atomic E-state index is 0.0893. The van der Waals surface area contributed by atoms with E-state index in [4.69, 9.17) is 0 Å². The van der Waals surface area contributed by atoms with Gasteiger partial charge in [0.2, 0.25) is 5.91 Å². The van der Waals surface area contributed by atoms with E-state index in [1.165, 1.54) is 12.1 Å². The van der Waals surface area contributed by atoms with Crippen molar-refractivity contribution < 1.29 is 26.7 Å². The smallest absolute Gasteiger partial charge is 0.337 e. The van der Waals surface area contributed by atoms with Gasteiger partial charge in [0.15, 0.2) is 0 Å². The van der Waals surface area contributed by atoms with Crippen LogP contribution >= 0.6 is 0 Å². The summed E-state index contributed by atoms with van der Waals surface area (Å²) in [7, 11) is 0. The second-order valence-corrected chi connectivity index (χ2v) is 7.83. The van der Waals surface area contributed by atoms with Crippen LogP contribution in [0.2, 0.25) is 0 Å². The number of hydrogen-bond donors (Lipinski definition) is 0. The van der Waals surface area contributed by atoms with Crippen molar-refractivity contribution in [2.75, 3.05) is 19.6 Å². The van der Waals surface area contributed by atoms with Gasteiger partial charge in [0.05, 0.1) is 12.5 Å². The molecule has 27 heavy (non-hydrogen) atoms. The monoisotopic (exact) mass is 388 g/mol. The summed E-state index contributed by atoms with van der Waals surface area (Å²) in [4.78, 5) is 16.4. The molecule has 0 radical (unpaired) electrons. The molecular formula is C19H21F5N2O. The van der Waals surface area contributed by atoms with Crippen LogP contribution in [-0.2, 0) is 4.79 Å². The maximum absolute atomic E-state index is 13.7. The summed E-state index contributed by atoms with van der Waals surface area (Å²) in [6, 6.07) is 3.09. The lowest BCUT2D eigenvalue weighted by Crippen LogP contribution is -2.60. The van der Waals surface area contributed by atoms with E-state index in [0.717, 1.165) is 32.0 Å². The number of carbonyl (C=O) groups is 1. The van der Waals surface area contributed by atoms with Gasteiger partial charge in [0.25, 0.3) is 0 Å². The molecule has 1 aromatic rings. The fourth-order valence-electron chi connectivity index (χ4n) is 5.18. The SMILES string of the molecule is O=C(CCC(F)(F)F)N1C[C@@H](c2cc(F)cc(F)c2)[C@@H]2[C@H]1C1CCN2CC1. The molecule has 3 nitrogen and oxygen atoms in total.